The predicted molar refractivity (Wildman–Crippen MR) is 58.6 cm³/mol. The van der Waals surface area contributed by atoms with Crippen LogP contribution >= 0.6 is 11.8 Å². The van der Waals surface area contributed by atoms with Gasteiger partial charge in [-0.3, -0.25) is 14.5 Å². The molecule has 1 aliphatic heterocycles. The van der Waals surface area contributed by atoms with Crippen molar-refractivity contribution < 1.29 is 14.7 Å². The highest BCUT2D eigenvalue weighted by Crippen LogP contribution is 2.11. The predicted octanol–water partition coefficient (Wildman–Crippen LogP) is -0.941. The van der Waals surface area contributed by atoms with Crippen molar-refractivity contribution in [3.8, 4) is 0 Å². The maximum Gasteiger partial charge on any atom is 0.239 e. The smallest absolute Gasteiger partial charge is 0.239 e. The van der Waals surface area contributed by atoms with Crippen molar-refractivity contribution in [2.45, 2.75) is 13.0 Å². The van der Waals surface area contributed by atoms with Gasteiger partial charge in [0.1, 0.15) is 0 Å². The van der Waals surface area contributed by atoms with Gasteiger partial charge in [-0.05, 0) is 6.92 Å². The lowest BCUT2D eigenvalue weighted by atomic mass is 10.4. The van der Waals surface area contributed by atoms with Gasteiger partial charge in [-0.2, -0.15) is 0 Å². The molecule has 2 amide bonds. The summed E-state index contributed by atoms with van der Waals surface area (Å²) in [6, 6.07) is 0. The van der Waals surface area contributed by atoms with Gasteiger partial charge in [-0.1, -0.05) is 0 Å². The molecule has 1 unspecified atom stereocenters. The Balaban J connectivity index is 2.24. The fourth-order valence-corrected chi connectivity index (χ4v) is 2.03. The summed E-state index contributed by atoms with van der Waals surface area (Å²) in [6.45, 7) is 3.09. The molecule has 1 heterocycles. The molecule has 6 heteroatoms. The van der Waals surface area contributed by atoms with E-state index in [-0.39, 0.29) is 11.8 Å². The first kappa shape index (κ1) is 12.5. The van der Waals surface area contributed by atoms with Crippen LogP contribution in [-0.2, 0) is 9.59 Å². The van der Waals surface area contributed by atoms with Gasteiger partial charge in [-0.15, -0.1) is 11.8 Å². The zero-order valence-electron chi connectivity index (χ0n) is 8.73. The number of nitrogens with zero attached hydrogens (tertiary/aromatic N) is 1. The van der Waals surface area contributed by atoms with Crippen LogP contribution in [0.15, 0.2) is 0 Å². The summed E-state index contributed by atoms with van der Waals surface area (Å²) in [4.78, 5) is 24.0. The van der Waals surface area contributed by atoms with Crippen molar-refractivity contribution in [3.63, 3.8) is 0 Å². The molecule has 2 N–H and O–H groups in total. The number of hydrogen-bond acceptors (Lipinski definition) is 5. The minimum Gasteiger partial charge on any atom is -0.392 e. The minimum absolute atomic E-state index is 0.116. The van der Waals surface area contributed by atoms with Crippen LogP contribution in [0, 0.1) is 0 Å². The van der Waals surface area contributed by atoms with Crippen LogP contribution in [0.3, 0.4) is 0 Å². The van der Waals surface area contributed by atoms with Crippen LogP contribution in [0.1, 0.15) is 6.92 Å². The third kappa shape index (κ3) is 4.19. The van der Waals surface area contributed by atoms with Crippen LogP contribution in [0.25, 0.3) is 0 Å². The highest BCUT2D eigenvalue weighted by Gasteiger charge is 2.25. The van der Waals surface area contributed by atoms with E-state index in [9.17, 15) is 9.59 Å². The third-order valence-corrected chi connectivity index (χ3v) is 2.91. The van der Waals surface area contributed by atoms with Crippen LogP contribution < -0.4 is 5.32 Å². The van der Waals surface area contributed by atoms with Gasteiger partial charge < -0.3 is 10.4 Å². The molecule has 1 fully saturated rings. The number of imide groups is 1. The fraction of sp³-hybridized carbons (Fsp3) is 0.778. The van der Waals surface area contributed by atoms with Crippen molar-refractivity contribution >= 4 is 23.6 Å². The van der Waals surface area contributed by atoms with Crippen LogP contribution in [0.5, 0.6) is 0 Å². The van der Waals surface area contributed by atoms with Crippen LogP contribution in [-0.4, -0.2) is 59.1 Å². The van der Waals surface area contributed by atoms with E-state index in [1.54, 1.807) is 6.92 Å². The fourth-order valence-electron chi connectivity index (χ4n) is 1.27. The Kier molecular flexibility index (Phi) is 5.07. The van der Waals surface area contributed by atoms with Gasteiger partial charge in [0.25, 0.3) is 0 Å². The minimum atomic E-state index is -0.409. The molecule has 1 rings (SSSR count). The van der Waals surface area contributed by atoms with Gasteiger partial charge in [0.2, 0.25) is 11.8 Å². The van der Waals surface area contributed by atoms with Crippen molar-refractivity contribution in [1.29, 1.82) is 0 Å². The summed E-state index contributed by atoms with van der Waals surface area (Å²) in [5.74, 6) is 0.551. The average molecular weight is 232 g/mol. The van der Waals surface area contributed by atoms with E-state index < -0.39 is 6.10 Å². The van der Waals surface area contributed by atoms with E-state index in [0.717, 1.165) is 0 Å². The molecule has 1 saturated heterocycles. The Hall–Kier alpha value is -0.590. The van der Waals surface area contributed by atoms with Gasteiger partial charge in [0, 0.05) is 19.6 Å². The van der Waals surface area contributed by atoms with Crippen molar-refractivity contribution in [1.82, 2.24) is 10.2 Å². The van der Waals surface area contributed by atoms with Gasteiger partial charge >= 0.3 is 0 Å². The van der Waals surface area contributed by atoms with Crippen LogP contribution in [0.4, 0.5) is 0 Å². The molecule has 0 bridgehead atoms. The molecular weight excluding hydrogens is 216 g/mol. The SMILES string of the molecule is CC(O)CNCCN1C(=O)CSCC1=O. The average Bonchev–Trinajstić information content (AvgIpc) is 2.15. The monoisotopic (exact) mass is 232 g/mol. The summed E-state index contributed by atoms with van der Waals surface area (Å²) in [5, 5.41) is 12.0. The highest BCUT2D eigenvalue weighted by atomic mass is 32.2. The van der Waals surface area contributed by atoms with E-state index in [1.807, 2.05) is 0 Å². The van der Waals surface area contributed by atoms with E-state index in [0.29, 0.717) is 31.1 Å². The first-order chi connectivity index (χ1) is 7.11. The second-order valence-corrected chi connectivity index (χ2v) is 4.47. The topological polar surface area (TPSA) is 69.6 Å². The van der Waals surface area contributed by atoms with Crippen molar-refractivity contribution in [2.24, 2.45) is 0 Å². The lowest BCUT2D eigenvalue weighted by Crippen LogP contribution is -2.46. The van der Waals surface area contributed by atoms with Gasteiger partial charge in [-0.25, -0.2) is 0 Å². The van der Waals surface area contributed by atoms with E-state index in [4.69, 9.17) is 5.11 Å². The quantitative estimate of drug-likeness (QED) is 0.473. The number of thioether (sulfide) groups is 1. The normalized spacial score (nSPS) is 19.5. The summed E-state index contributed by atoms with van der Waals surface area (Å²) >= 11 is 1.36. The Morgan fingerprint density at radius 1 is 1.47 bits per heavy atom. The maximum atomic E-state index is 11.3. The molecule has 1 aliphatic rings. The first-order valence-electron chi connectivity index (χ1n) is 4.91. The Labute approximate surface area is 93.2 Å². The number of carbonyl (C=O) groups is 2. The number of carbonyl (C=O) groups excluding carboxylic acids is 2. The van der Waals surface area contributed by atoms with E-state index >= 15 is 0 Å². The second kappa shape index (κ2) is 6.09. The van der Waals surface area contributed by atoms with Crippen LogP contribution in [0.2, 0.25) is 0 Å². The largest absolute Gasteiger partial charge is 0.392 e. The molecular formula is C9H16N2O3S. The molecule has 0 aliphatic carbocycles. The molecule has 86 valence electrons. The molecule has 5 nitrogen and oxygen atoms in total. The number of rotatable bonds is 5. The molecule has 0 aromatic rings. The van der Waals surface area contributed by atoms with Gasteiger partial charge in [0.05, 0.1) is 17.6 Å². The zero-order valence-corrected chi connectivity index (χ0v) is 9.55. The Morgan fingerprint density at radius 3 is 2.60 bits per heavy atom. The Morgan fingerprint density at radius 2 is 2.07 bits per heavy atom. The molecule has 0 saturated carbocycles. The molecule has 15 heavy (non-hydrogen) atoms. The molecule has 0 spiro atoms. The summed E-state index contributed by atoms with van der Waals surface area (Å²) in [7, 11) is 0. The standard InChI is InChI=1S/C9H16N2O3S/c1-7(12)4-10-2-3-11-8(13)5-15-6-9(11)14/h7,10,12H,2-6H2,1H3. The summed E-state index contributed by atoms with van der Waals surface area (Å²) < 4.78 is 0. The number of hydrogen-bond donors (Lipinski definition) is 2. The molecule has 1 atom stereocenters. The Bertz CT molecular complexity index is 230. The molecule has 0 aromatic carbocycles. The lowest BCUT2D eigenvalue weighted by Gasteiger charge is -2.24. The number of aliphatic hydroxyl groups is 1. The van der Waals surface area contributed by atoms with Crippen molar-refractivity contribution in [2.75, 3.05) is 31.1 Å². The van der Waals surface area contributed by atoms with E-state index in [1.165, 1.54) is 16.7 Å². The maximum absolute atomic E-state index is 11.3. The lowest BCUT2D eigenvalue weighted by molar-refractivity contribution is -0.142. The first-order valence-corrected chi connectivity index (χ1v) is 6.06. The number of amides is 2. The highest BCUT2D eigenvalue weighted by molar-refractivity contribution is 8.00. The third-order valence-electron chi connectivity index (χ3n) is 2.01. The summed E-state index contributed by atoms with van der Waals surface area (Å²) in [6.07, 6.45) is -0.409. The summed E-state index contributed by atoms with van der Waals surface area (Å²) in [5.41, 5.74) is 0. The van der Waals surface area contributed by atoms with Crippen molar-refractivity contribution in [3.05, 3.63) is 0 Å². The van der Waals surface area contributed by atoms with Gasteiger partial charge in [0.15, 0.2) is 0 Å². The molecule has 0 radical (unpaired) electrons. The number of aliphatic hydroxyl groups excluding tert-OH is 1. The van der Waals surface area contributed by atoms with E-state index in [2.05, 4.69) is 5.32 Å². The molecule has 0 aromatic heterocycles. The zero-order chi connectivity index (χ0) is 11.3. The second-order valence-electron chi connectivity index (χ2n) is 3.49. The number of nitrogens with one attached hydrogen (secondary N) is 1.